The first kappa shape index (κ1) is 21.7. The van der Waals surface area contributed by atoms with Crippen LogP contribution in [0.5, 0.6) is 11.5 Å². The maximum atomic E-state index is 12.1. The highest BCUT2D eigenvalue weighted by Crippen LogP contribution is 2.31. The van der Waals surface area contributed by atoms with E-state index in [9.17, 15) is 4.79 Å². The van der Waals surface area contributed by atoms with E-state index in [0.29, 0.717) is 5.75 Å². The van der Waals surface area contributed by atoms with Crippen molar-refractivity contribution in [1.82, 2.24) is 10.3 Å². The van der Waals surface area contributed by atoms with Crippen LogP contribution in [0.4, 0.5) is 5.69 Å². The number of benzene rings is 3. The third-order valence-electron chi connectivity index (χ3n) is 4.62. The molecule has 0 atom stereocenters. The molecule has 4 aromatic rings. The third-order valence-corrected chi connectivity index (χ3v) is 5.89. The minimum absolute atomic E-state index is 0.149. The van der Waals surface area contributed by atoms with E-state index in [1.54, 1.807) is 42.7 Å². The molecule has 4 rings (SSSR count). The zero-order chi connectivity index (χ0) is 22.5. The summed E-state index contributed by atoms with van der Waals surface area (Å²) < 4.78 is 11.7. The highest BCUT2D eigenvalue weighted by atomic mass is 32.1. The number of fused-ring (bicyclic) bond motifs is 1. The Kier molecular flexibility index (Phi) is 6.63. The standard InChI is InChI=1S/C24H21N3O3S2/c1-15-3-12-20-21(13-15)32-23(26-20)16-4-6-17(7-5-16)25-24(31)27-22(28)14-30-19-10-8-18(29-2)9-11-19/h3-13H,14H2,1-2H3,(H2,25,27,28,31). The molecular formula is C24H21N3O3S2. The second-order valence-electron chi connectivity index (χ2n) is 7.03. The summed E-state index contributed by atoms with van der Waals surface area (Å²) in [4.78, 5) is 16.8. The van der Waals surface area contributed by atoms with E-state index in [1.165, 1.54) is 10.3 Å². The van der Waals surface area contributed by atoms with Crippen molar-refractivity contribution in [2.45, 2.75) is 6.92 Å². The normalized spacial score (nSPS) is 10.6. The maximum Gasteiger partial charge on any atom is 0.264 e. The minimum Gasteiger partial charge on any atom is -0.497 e. The van der Waals surface area contributed by atoms with Gasteiger partial charge in [-0.25, -0.2) is 4.98 Å². The largest absolute Gasteiger partial charge is 0.497 e. The molecule has 0 fully saturated rings. The van der Waals surface area contributed by atoms with Gasteiger partial charge in [0, 0.05) is 11.3 Å². The number of amides is 1. The van der Waals surface area contributed by atoms with Crippen LogP contribution < -0.4 is 20.1 Å². The fourth-order valence-electron chi connectivity index (χ4n) is 3.00. The van der Waals surface area contributed by atoms with Crippen LogP contribution in [0, 0.1) is 6.92 Å². The Balaban J connectivity index is 1.30. The van der Waals surface area contributed by atoms with Gasteiger partial charge in [-0.1, -0.05) is 6.07 Å². The highest BCUT2D eigenvalue weighted by Gasteiger charge is 2.09. The molecule has 0 saturated carbocycles. The Morgan fingerprint density at radius 3 is 2.47 bits per heavy atom. The average molecular weight is 464 g/mol. The Morgan fingerprint density at radius 1 is 1.03 bits per heavy atom. The van der Waals surface area contributed by atoms with Crippen LogP contribution in [-0.2, 0) is 4.79 Å². The number of methoxy groups -OCH3 is 1. The fraction of sp³-hybridized carbons (Fsp3) is 0.125. The summed E-state index contributed by atoms with van der Waals surface area (Å²) in [6.45, 7) is 1.93. The molecule has 0 aliphatic rings. The summed E-state index contributed by atoms with van der Waals surface area (Å²) in [6.07, 6.45) is 0. The predicted molar refractivity (Wildman–Crippen MR) is 133 cm³/mol. The molecule has 0 aliphatic carbocycles. The highest BCUT2D eigenvalue weighted by molar-refractivity contribution is 7.80. The predicted octanol–water partition coefficient (Wildman–Crippen LogP) is 5.17. The lowest BCUT2D eigenvalue weighted by Crippen LogP contribution is -2.37. The van der Waals surface area contributed by atoms with E-state index >= 15 is 0 Å². The molecule has 0 unspecified atom stereocenters. The molecule has 0 aliphatic heterocycles. The first-order valence-electron chi connectivity index (χ1n) is 9.85. The molecule has 1 aromatic heterocycles. The van der Waals surface area contributed by atoms with Crippen molar-refractivity contribution >= 4 is 50.5 Å². The molecule has 6 nitrogen and oxygen atoms in total. The van der Waals surface area contributed by atoms with Crippen LogP contribution in [-0.4, -0.2) is 29.7 Å². The average Bonchev–Trinajstić information content (AvgIpc) is 3.21. The van der Waals surface area contributed by atoms with Crippen molar-refractivity contribution in [3.63, 3.8) is 0 Å². The van der Waals surface area contributed by atoms with Crippen LogP contribution in [0.15, 0.2) is 66.7 Å². The van der Waals surface area contributed by atoms with E-state index in [1.807, 2.05) is 30.3 Å². The lowest BCUT2D eigenvalue weighted by atomic mass is 10.2. The maximum absolute atomic E-state index is 12.1. The van der Waals surface area contributed by atoms with E-state index in [2.05, 4.69) is 29.7 Å². The monoisotopic (exact) mass is 463 g/mol. The van der Waals surface area contributed by atoms with Gasteiger partial charge >= 0.3 is 0 Å². The Morgan fingerprint density at radius 2 is 1.75 bits per heavy atom. The Labute approximate surface area is 195 Å². The number of aromatic nitrogens is 1. The molecule has 2 N–H and O–H groups in total. The number of thiazole rings is 1. The van der Waals surface area contributed by atoms with Crippen molar-refractivity contribution < 1.29 is 14.3 Å². The second-order valence-corrected chi connectivity index (χ2v) is 8.47. The van der Waals surface area contributed by atoms with Gasteiger partial charge in [-0.05, 0) is 85.4 Å². The number of ether oxygens (including phenoxy) is 2. The number of hydrogen-bond acceptors (Lipinski definition) is 6. The molecule has 1 heterocycles. The summed E-state index contributed by atoms with van der Waals surface area (Å²) in [5.74, 6) is 0.941. The van der Waals surface area contributed by atoms with Crippen molar-refractivity contribution in [1.29, 1.82) is 0 Å². The lowest BCUT2D eigenvalue weighted by Gasteiger charge is -2.11. The number of nitrogens with one attached hydrogen (secondary N) is 2. The summed E-state index contributed by atoms with van der Waals surface area (Å²) >= 11 is 6.90. The number of thiocarbonyl (C=S) groups is 1. The summed E-state index contributed by atoms with van der Waals surface area (Å²) in [6, 6.07) is 21.0. The van der Waals surface area contributed by atoms with Crippen molar-refractivity contribution in [3.05, 3.63) is 72.3 Å². The van der Waals surface area contributed by atoms with Crippen molar-refractivity contribution in [2.24, 2.45) is 0 Å². The van der Waals surface area contributed by atoms with Crippen LogP contribution in [0.3, 0.4) is 0 Å². The molecule has 0 bridgehead atoms. The molecule has 3 aromatic carbocycles. The van der Waals surface area contributed by atoms with Gasteiger partial charge in [0.2, 0.25) is 0 Å². The zero-order valence-electron chi connectivity index (χ0n) is 17.5. The molecule has 0 saturated heterocycles. The molecule has 0 radical (unpaired) electrons. The van der Waals surface area contributed by atoms with Gasteiger partial charge in [-0.15, -0.1) is 11.3 Å². The molecular weight excluding hydrogens is 442 g/mol. The van der Waals surface area contributed by atoms with Crippen LogP contribution in [0.2, 0.25) is 0 Å². The summed E-state index contributed by atoms with van der Waals surface area (Å²) in [5.41, 5.74) is 4.01. The number of hydrogen-bond donors (Lipinski definition) is 2. The van der Waals surface area contributed by atoms with Gasteiger partial charge in [0.1, 0.15) is 16.5 Å². The van der Waals surface area contributed by atoms with E-state index < -0.39 is 0 Å². The first-order chi connectivity index (χ1) is 15.5. The van der Waals surface area contributed by atoms with Gasteiger partial charge in [0.25, 0.3) is 5.91 Å². The Hall–Kier alpha value is -3.49. The van der Waals surface area contributed by atoms with Gasteiger partial charge in [0.15, 0.2) is 11.7 Å². The number of aryl methyl sites for hydroxylation is 1. The van der Waals surface area contributed by atoms with Gasteiger partial charge in [-0.2, -0.15) is 0 Å². The molecule has 0 spiro atoms. The zero-order valence-corrected chi connectivity index (χ0v) is 19.2. The SMILES string of the molecule is COc1ccc(OCC(=O)NC(=S)Nc2ccc(-c3nc4ccc(C)cc4s3)cc2)cc1. The van der Waals surface area contributed by atoms with E-state index in [0.717, 1.165) is 27.5 Å². The smallest absolute Gasteiger partial charge is 0.264 e. The molecule has 8 heteroatoms. The molecule has 162 valence electrons. The summed E-state index contributed by atoms with van der Waals surface area (Å²) in [5, 5.41) is 6.79. The van der Waals surface area contributed by atoms with Gasteiger partial charge < -0.3 is 14.8 Å². The van der Waals surface area contributed by atoms with Crippen molar-refractivity contribution in [2.75, 3.05) is 19.0 Å². The lowest BCUT2D eigenvalue weighted by molar-refractivity contribution is -0.121. The van der Waals surface area contributed by atoms with Gasteiger partial charge in [-0.3, -0.25) is 10.1 Å². The van der Waals surface area contributed by atoms with Crippen LogP contribution >= 0.6 is 23.6 Å². The quantitative estimate of drug-likeness (QED) is 0.384. The molecule has 32 heavy (non-hydrogen) atoms. The minimum atomic E-state index is -0.347. The number of carbonyl (C=O) groups is 1. The number of rotatable bonds is 6. The second kappa shape index (κ2) is 9.76. The number of carbonyl (C=O) groups excluding carboxylic acids is 1. The van der Waals surface area contributed by atoms with Gasteiger partial charge in [0.05, 0.1) is 17.3 Å². The fourth-order valence-corrected chi connectivity index (χ4v) is 4.30. The van der Waals surface area contributed by atoms with E-state index in [-0.39, 0.29) is 17.6 Å². The summed E-state index contributed by atoms with van der Waals surface area (Å²) in [7, 11) is 1.59. The van der Waals surface area contributed by atoms with E-state index in [4.69, 9.17) is 26.7 Å². The van der Waals surface area contributed by atoms with Crippen LogP contribution in [0.1, 0.15) is 5.56 Å². The third kappa shape index (κ3) is 5.40. The first-order valence-corrected chi connectivity index (χ1v) is 11.1. The number of nitrogens with zero attached hydrogens (tertiary/aromatic N) is 1. The topological polar surface area (TPSA) is 72.5 Å². The molecule has 1 amide bonds. The van der Waals surface area contributed by atoms with Crippen molar-refractivity contribution in [3.8, 4) is 22.1 Å². The Bertz CT molecular complexity index is 1250. The number of anilines is 1. The van der Waals surface area contributed by atoms with Crippen LogP contribution in [0.25, 0.3) is 20.8 Å².